The van der Waals surface area contributed by atoms with Gasteiger partial charge in [0.1, 0.15) is 6.61 Å². The number of carbonyl (C=O) groups excluding carboxylic acids is 4. The molecule has 150 valence electrons. The average molecular weight is 390 g/mol. The lowest BCUT2D eigenvalue weighted by atomic mass is 10.1. The molecule has 1 aromatic rings. The largest absolute Gasteiger partial charge is 0.458 e. The molecular formula is C20H22O8. The third-order valence-electron chi connectivity index (χ3n) is 3.35. The van der Waals surface area contributed by atoms with Crippen molar-refractivity contribution in [1.29, 1.82) is 0 Å². The van der Waals surface area contributed by atoms with Crippen LogP contribution < -0.4 is 0 Å². The molecule has 3 atom stereocenters. The van der Waals surface area contributed by atoms with Crippen molar-refractivity contribution in [2.75, 3.05) is 6.61 Å². The van der Waals surface area contributed by atoms with Crippen LogP contribution in [-0.4, -0.2) is 48.8 Å². The van der Waals surface area contributed by atoms with Crippen LogP contribution in [-0.2, 0) is 33.3 Å². The summed E-state index contributed by atoms with van der Waals surface area (Å²) in [7, 11) is 0. The Labute approximate surface area is 162 Å². The van der Waals surface area contributed by atoms with Crippen LogP contribution in [0.4, 0.5) is 0 Å². The fraction of sp³-hybridized carbons (Fsp3) is 0.300. The quantitative estimate of drug-likeness (QED) is 0.258. The van der Waals surface area contributed by atoms with Gasteiger partial charge < -0.3 is 18.9 Å². The molecule has 0 spiro atoms. The van der Waals surface area contributed by atoms with Crippen LogP contribution in [0.1, 0.15) is 24.2 Å². The first-order valence-corrected chi connectivity index (χ1v) is 8.30. The minimum absolute atomic E-state index is 0.281. The van der Waals surface area contributed by atoms with Gasteiger partial charge in [-0.3, -0.25) is 9.59 Å². The van der Waals surface area contributed by atoms with Gasteiger partial charge in [0.05, 0.1) is 5.56 Å². The molecule has 0 heterocycles. The zero-order valence-electron chi connectivity index (χ0n) is 15.7. The molecule has 1 aromatic carbocycles. The third-order valence-corrected chi connectivity index (χ3v) is 3.35. The molecule has 0 aliphatic heterocycles. The molecule has 0 bridgehead atoms. The van der Waals surface area contributed by atoms with Crippen LogP contribution in [0, 0.1) is 0 Å². The second kappa shape index (κ2) is 11.3. The summed E-state index contributed by atoms with van der Waals surface area (Å²) in [6.07, 6.45) is -1.61. The minimum Gasteiger partial charge on any atom is -0.458 e. The number of hydrogen-bond donors (Lipinski definition) is 0. The van der Waals surface area contributed by atoms with Crippen molar-refractivity contribution in [1.82, 2.24) is 0 Å². The lowest BCUT2D eigenvalue weighted by Crippen LogP contribution is -2.46. The smallest absolute Gasteiger partial charge is 0.338 e. The van der Waals surface area contributed by atoms with Gasteiger partial charge >= 0.3 is 23.9 Å². The number of hydrogen-bond acceptors (Lipinski definition) is 8. The first-order valence-electron chi connectivity index (χ1n) is 8.30. The summed E-state index contributed by atoms with van der Waals surface area (Å²) >= 11 is 0. The molecule has 0 amide bonds. The Bertz CT molecular complexity index is 725. The highest BCUT2D eigenvalue weighted by Crippen LogP contribution is 2.16. The van der Waals surface area contributed by atoms with E-state index in [0.717, 1.165) is 19.9 Å². The third kappa shape index (κ3) is 7.45. The zero-order chi connectivity index (χ0) is 21.1. The summed E-state index contributed by atoms with van der Waals surface area (Å²) in [5.74, 6) is -2.91. The standard InChI is InChI=1S/C20H22O8/c1-5-16(26-13(3)21)19(28-18(23)6-2)17(27-14(4)22)12-25-20(24)15-10-8-7-9-11-15/h5-11,16-17,19H,1-2,12H2,3-4H3/t16-,17-,19+/m1/s1. The van der Waals surface area contributed by atoms with E-state index >= 15 is 0 Å². The average Bonchev–Trinajstić information content (AvgIpc) is 2.67. The summed E-state index contributed by atoms with van der Waals surface area (Å²) < 4.78 is 20.6. The first-order chi connectivity index (χ1) is 13.3. The summed E-state index contributed by atoms with van der Waals surface area (Å²) in [6.45, 7) is 8.66. The fourth-order valence-electron chi connectivity index (χ4n) is 2.20. The Morgan fingerprint density at radius 2 is 1.57 bits per heavy atom. The van der Waals surface area contributed by atoms with Gasteiger partial charge in [-0.25, -0.2) is 9.59 Å². The van der Waals surface area contributed by atoms with Crippen molar-refractivity contribution in [3.63, 3.8) is 0 Å². The summed E-state index contributed by atoms with van der Waals surface area (Å²) in [5.41, 5.74) is 0.281. The van der Waals surface area contributed by atoms with Crippen molar-refractivity contribution < 1.29 is 38.1 Å². The van der Waals surface area contributed by atoms with Crippen LogP contribution in [0.25, 0.3) is 0 Å². The highest BCUT2D eigenvalue weighted by molar-refractivity contribution is 5.89. The number of carbonyl (C=O) groups is 4. The Hall–Kier alpha value is -3.42. The van der Waals surface area contributed by atoms with E-state index in [9.17, 15) is 19.2 Å². The molecule has 1 rings (SSSR count). The minimum atomic E-state index is -1.31. The molecule has 8 heteroatoms. The lowest BCUT2D eigenvalue weighted by molar-refractivity contribution is -0.180. The van der Waals surface area contributed by atoms with Crippen LogP contribution in [0.3, 0.4) is 0 Å². The Morgan fingerprint density at radius 3 is 2.07 bits per heavy atom. The molecule has 0 N–H and O–H groups in total. The Kier molecular flexibility index (Phi) is 9.15. The van der Waals surface area contributed by atoms with Gasteiger partial charge in [-0.05, 0) is 18.2 Å². The van der Waals surface area contributed by atoms with Crippen LogP contribution in [0.2, 0.25) is 0 Å². The van der Waals surface area contributed by atoms with Crippen molar-refractivity contribution in [3.8, 4) is 0 Å². The second-order valence-corrected chi connectivity index (χ2v) is 5.53. The monoisotopic (exact) mass is 390 g/mol. The van der Waals surface area contributed by atoms with Crippen LogP contribution in [0.15, 0.2) is 55.6 Å². The molecule has 28 heavy (non-hydrogen) atoms. The van der Waals surface area contributed by atoms with Crippen molar-refractivity contribution >= 4 is 23.9 Å². The molecule has 8 nitrogen and oxygen atoms in total. The molecule has 0 saturated heterocycles. The van der Waals surface area contributed by atoms with E-state index in [1.165, 1.54) is 6.08 Å². The van der Waals surface area contributed by atoms with E-state index in [2.05, 4.69) is 13.2 Å². The second-order valence-electron chi connectivity index (χ2n) is 5.53. The van der Waals surface area contributed by atoms with Gasteiger partial charge in [0.2, 0.25) is 0 Å². The Morgan fingerprint density at radius 1 is 0.964 bits per heavy atom. The SMILES string of the molecule is C=CC(=O)O[C@@H]([C@@H](C=C)OC(C)=O)[C@@H](COC(=O)c1ccccc1)OC(C)=O. The van der Waals surface area contributed by atoms with Crippen molar-refractivity contribution in [3.05, 3.63) is 61.2 Å². The van der Waals surface area contributed by atoms with E-state index in [1.807, 2.05) is 0 Å². The Balaban J connectivity index is 3.06. The van der Waals surface area contributed by atoms with Gasteiger partial charge in [0, 0.05) is 19.9 Å². The van der Waals surface area contributed by atoms with Gasteiger partial charge in [0.15, 0.2) is 18.3 Å². The number of esters is 4. The summed E-state index contributed by atoms with van der Waals surface area (Å²) in [6, 6.07) is 8.14. The maximum Gasteiger partial charge on any atom is 0.338 e. The van der Waals surface area contributed by atoms with Crippen LogP contribution >= 0.6 is 0 Å². The van der Waals surface area contributed by atoms with Gasteiger partial charge in [-0.2, -0.15) is 0 Å². The summed E-state index contributed by atoms with van der Waals surface area (Å²) in [4.78, 5) is 46.7. The van der Waals surface area contributed by atoms with E-state index in [-0.39, 0.29) is 5.56 Å². The summed E-state index contributed by atoms with van der Waals surface area (Å²) in [5, 5.41) is 0. The topological polar surface area (TPSA) is 105 Å². The van der Waals surface area contributed by atoms with Crippen molar-refractivity contribution in [2.24, 2.45) is 0 Å². The van der Waals surface area contributed by atoms with Crippen molar-refractivity contribution in [2.45, 2.75) is 32.2 Å². The zero-order valence-corrected chi connectivity index (χ0v) is 15.7. The highest BCUT2D eigenvalue weighted by atomic mass is 16.6. The molecule has 0 aromatic heterocycles. The molecule has 0 radical (unpaired) electrons. The predicted molar refractivity (Wildman–Crippen MR) is 98.1 cm³/mol. The van der Waals surface area contributed by atoms with Crippen LogP contribution in [0.5, 0.6) is 0 Å². The van der Waals surface area contributed by atoms with E-state index < -0.39 is 48.8 Å². The molecule has 0 fully saturated rings. The molecule has 0 aliphatic rings. The maximum atomic E-state index is 12.2. The van der Waals surface area contributed by atoms with E-state index in [1.54, 1.807) is 30.3 Å². The molecule has 0 saturated carbocycles. The molecule has 0 unspecified atom stereocenters. The van der Waals surface area contributed by atoms with E-state index in [0.29, 0.717) is 0 Å². The number of benzene rings is 1. The van der Waals surface area contributed by atoms with Gasteiger partial charge in [-0.15, -0.1) is 0 Å². The molecule has 0 aliphatic carbocycles. The highest BCUT2D eigenvalue weighted by Gasteiger charge is 2.36. The normalized spacial score (nSPS) is 13.2. The first kappa shape index (κ1) is 22.6. The lowest BCUT2D eigenvalue weighted by Gasteiger charge is -2.30. The molecular weight excluding hydrogens is 368 g/mol. The predicted octanol–water partition coefficient (Wildman–Crippen LogP) is 1.99. The number of rotatable bonds is 10. The number of ether oxygens (including phenoxy) is 4. The van der Waals surface area contributed by atoms with E-state index in [4.69, 9.17) is 18.9 Å². The van der Waals surface area contributed by atoms with Gasteiger partial charge in [0.25, 0.3) is 0 Å². The maximum absolute atomic E-state index is 12.2. The fourth-order valence-corrected chi connectivity index (χ4v) is 2.20. The van der Waals surface area contributed by atoms with Gasteiger partial charge in [-0.1, -0.05) is 31.4 Å².